The second kappa shape index (κ2) is 7.41. The quantitative estimate of drug-likeness (QED) is 0.511. The highest BCUT2D eigenvalue weighted by atomic mass is 32.2. The minimum absolute atomic E-state index is 0.0394. The standard InChI is InChI=1S/C20H13N3O3S2/c24-14-5-3-4-13(10-14)18(25)22-23-19(26)17(28-20(23)27)11-12-8-9-21-16-7-2-1-6-15(12)16/h1-11,24H,(H,22,25)/b17-11-. The molecular formula is C20H13N3O3S2. The van der Waals surface area contributed by atoms with Gasteiger partial charge in [-0.15, -0.1) is 0 Å². The lowest BCUT2D eigenvalue weighted by atomic mass is 10.1. The number of amides is 2. The molecule has 0 saturated carbocycles. The van der Waals surface area contributed by atoms with Gasteiger partial charge >= 0.3 is 0 Å². The molecule has 0 atom stereocenters. The fraction of sp³-hybridized carbons (Fsp3) is 0. The van der Waals surface area contributed by atoms with Crippen molar-refractivity contribution in [3.05, 3.63) is 76.8 Å². The van der Waals surface area contributed by atoms with Crippen molar-refractivity contribution in [3.63, 3.8) is 0 Å². The molecule has 6 nitrogen and oxygen atoms in total. The second-order valence-corrected chi connectivity index (χ2v) is 7.60. The van der Waals surface area contributed by atoms with Gasteiger partial charge in [0.2, 0.25) is 0 Å². The summed E-state index contributed by atoms with van der Waals surface area (Å²) >= 11 is 6.36. The summed E-state index contributed by atoms with van der Waals surface area (Å²) in [5.74, 6) is -0.991. The lowest BCUT2D eigenvalue weighted by molar-refractivity contribution is -0.123. The van der Waals surface area contributed by atoms with Gasteiger partial charge in [0.1, 0.15) is 5.75 Å². The van der Waals surface area contributed by atoms with Crippen LogP contribution in [-0.4, -0.2) is 31.2 Å². The number of nitrogens with zero attached hydrogens (tertiary/aromatic N) is 2. The highest BCUT2D eigenvalue weighted by Crippen LogP contribution is 2.32. The van der Waals surface area contributed by atoms with Crippen LogP contribution in [0, 0.1) is 0 Å². The number of carbonyl (C=O) groups is 2. The minimum Gasteiger partial charge on any atom is -0.508 e. The van der Waals surface area contributed by atoms with E-state index in [0.29, 0.717) is 4.91 Å². The summed E-state index contributed by atoms with van der Waals surface area (Å²) in [6.45, 7) is 0. The molecule has 8 heteroatoms. The molecule has 1 aliphatic heterocycles. The van der Waals surface area contributed by atoms with Crippen molar-refractivity contribution in [1.82, 2.24) is 15.4 Å². The Kier molecular flexibility index (Phi) is 4.81. The van der Waals surface area contributed by atoms with E-state index in [2.05, 4.69) is 10.4 Å². The molecule has 0 unspecified atom stereocenters. The number of phenolic OH excluding ortho intramolecular Hbond substituents is 1. The van der Waals surface area contributed by atoms with Gasteiger partial charge in [-0.05, 0) is 54.2 Å². The zero-order valence-corrected chi connectivity index (χ0v) is 16.0. The molecule has 2 amide bonds. The van der Waals surface area contributed by atoms with Crippen LogP contribution in [0.2, 0.25) is 0 Å². The van der Waals surface area contributed by atoms with Crippen molar-refractivity contribution in [2.24, 2.45) is 0 Å². The number of fused-ring (bicyclic) bond motifs is 1. The van der Waals surface area contributed by atoms with Gasteiger partial charge in [0.25, 0.3) is 11.8 Å². The van der Waals surface area contributed by atoms with Gasteiger partial charge in [-0.1, -0.05) is 36.0 Å². The van der Waals surface area contributed by atoms with E-state index in [1.54, 1.807) is 18.3 Å². The van der Waals surface area contributed by atoms with Crippen LogP contribution in [0.15, 0.2) is 65.7 Å². The number of hydrazine groups is 1. The third kappa shape index (κ3) is 3.47. The second-order valence-electron chi connectivity index (χ2n) is 5.93. The highest BCUT2D eigenvalue weighted by molar-refractivity contribution is 8.26. The molecule has 1 saturated heterocycles. The monoisotopic (exact) mass is 407 g/mol. The fourth-order valence-corrected chi connectivity index (χ4v) is 3.93. The maximum atomic E-state index is 12.8. The summed E-state index contributed by atoms with van der Waals surface area (Å²) in [7, 11) is 0. The number of benzene rings is 2. The molecule has 0 aliphatic carbocycles. The topological polar surface area (TPSA) is 82.5 Å². The van der Waals surface area contributed by atoms with Crippen LogP contribution >= 0.6 is 24.0 Å². The van der Waals surface area contributed by atoms with E-state index >= 15 is 0 Å². The SMILES string of the molecule is O=C(NN1C(=O)/C(=C/c2ccnc3ccccc23)SC1=S)c1cccc(O)c1. The number of hydrogen-bond donors (Lipinski definition) is 2. The molecule has 28 heavy (non-hydrogen) atoms. The van der Waals surface area contributed by atoms with Gasteiger partial charge in [0.05, 0.1) is 10.4 Å². The lowest BCUT2D eigenvalue weighted by Crippen LogP contribution is -2.44. The summed E-state index contributed by atoms with van der Waals surface area (Å²) in [5, 5.41) is 11.5. The van der Waals surface area contributed by atoms with E-state index in [1.165, 1.54) is 18.2 Å². The van der Waals surface area contributed by atoms with Crippen molar-refractivity contribution < 1.29 is 14.7 Å². The largest absolute Gasteiger partial charge is 0.508 e. The number of aromatic hydroxyl groups is 1. The molecule has 138 valence electrons. The van der Waals surface area contributed by atoms with Crippen molar-refractivity contribution in [2.45, 2.75) is 0 Å². The Morgan fingerprint density at radius 2 is 2.00 bits per heavy atom. The van der Waals surface area contributed by atoms with Crippen LogP contribution in [0.5, 0.6) is 5.75 Å². The van der Waals surface area contributed by atoms with Crippen LogP contribution in [0.1, 0.15) is 15.9 Å². The van der Waals surface area contributed by atoms with Crippen LogP contribution in [0.4, 0.5) is 0 Å². The van der Waals surface area contributed by atoms with Gasteiger partial charge in [0, 0.05) is 17.1 Å². The van der Waals surface area contributed by atoms with Crippen molar-refractivity contribution >= 4 is 57.1 Å². The van der Waals surface area contributed by atoms with Gasteiger partial charge < -0.3 is 5.11 Å². The van der Waals surface area contributed by atoms with Crippen LogP contribution in [0.3, 0.4) is 0 Å². The Bertz CT molecular complexity index is 1150. The number of nitrogens with one attached hydrogen (secondary N) is 1. The maximum Gasteiger partial charge on any atom is 0.285 e. The van der Waals surface area contributed by atoms with Crippen LogP contribution in [-0.2, 0) is 4.79 Å². The normalized spacial score (nSPS) is 15.4. The Morgan fingerprint density at radius 3 is 2.82 bits per heavy atom. The molecule has 0 spiro atoms. The number of carbonyl (C=O) groups excluding carboxylic acids is 2. The zero-order valence-electron chi connectivity index (χ0n) is 14.3. The number of aromatic nitrogens is 1. The number of para-hydroxylation sites is 1. The molecule has 1 fully saturated rings. The fourth-order valence-electron chi connectivity index (χ4n) is 2.76. The van der Waals surface area contributed by atoms with E-state index < -0.39 is 11.8 Å². The van der Waals surface area contributed by atoms with Gasteiger partial charge in [-0.25, -0.2) is 0 Å². The molecular weight excluding hydrogens is 394 g/mol. The highest BCUT2D eigenvalue weighted by Gasteiger charge is 2.34. The first-order valence-electron chi connectivity index (χ1n) is 8.24. The first-order valence-corrected chi connectivity index (χ1v) is 9.47. The number of thioether (sulfide) groups is 1. The van der Waals surface area contributed by atoms with E-state index in [1.807, 2.05) is 30.3 Å². The number of rotatable bonds is 3. The molecule has 2 N–H and O–H groups in total. The van der Waals surface area contributed by atoms with Crippen molar-refractivity contribution in [3.8, 4) is 5.75 Å². The summed E-state index contributed by atoms with van der Waals surface area (Å²) < 4.78 is 0.225. The van der Waals surface area contributed by atoms with E-state index in [-0.39, 0.29) is 15.6 Å². The average molecular weight is 407 g/mol. The first-order chi connectivity index (χ1) is 13.5. The minimum atomic E-state index is -0.539. The van der Waals surface area contributed by atoms with Gasteiger partial charge in [-0.2, -0.15) is 5.01 Å². The number of thiocarbonyl (C=S) groups is 1. The number of pyridine rings is 1. The molecule has 2 aromatic carbocycles. The predicted octanol–water partition coefficient (Wildman–Crippen LogP) is 3.49. The number of hydrogen-bond acceptors (Lipinski definition) is 6. The third-order valence-electron chi connectivity index (χ3n) is 4.08. The third-order valence-corrected chi connectivity index (χ3v) is 5.39. The first kappa shape index (κ1) is 18.1. The van der Waals surface area contributed by atoms with E-state index in [4.69, 9.17) is 12.2 Å². The van der Waals surface area contributed by atoms with E-state index in [0.717, 1.165) is 33.2 Å². The zero-order chi connectivity index (χ0) is 19.7. The summed E-state index contributed by atoms with van der Waals surface area (Å²) in [5.41, 5.74) is 4.38. The molecule has 0 bridgehead atoms. The summed E-state index contributed by atoms with van der Waals surface area (Å²) in [6.07, 6.45) is 3.42. The smallest absolute Gasteiger partial charge is 0.285 e. The average Bonchev–Trinajstić information content (AvgIpc) is 2.95. The molecule has 2 heterocycles. The summed E-state index contributed by atoms with van der Waals surface area (Å²) in [6, 6.07) is 15.3. The van der Waals surface area contributed by atoms with E-state index in [9.17, 15) is 14.7 Å². The predicted molar refractivity (Wildman–Crippen MR) is 112 cm³/mol. The molecule has 1 aromatic heterocycles. The van der Waals surface area contributed by atoms with Crippen LogP contribution < -0.4 is 5.43 Å². The Hall–Kier alpha value is -3.23. The molecule has 1 aliphatic rings. The Labute approximate surface area is 169 Å². The maximum absolute atomic E-state index is 12.8. The molecule has 0 radical (unpaired) electrons. The lowest BCUT2D eigenvalue weighted by Gasteiger charge is -2.15. The molecule has 3 aromatic rings. The Balaban J connectivity index is 1.60. The van der Waals surface area contributed by atoms with Gasteiger partial charge in [0.15, 0.2) is 4.32 Å². The van der Waals surface area contributed by atoms with Crippen molar-refractivity contribution in [2.75, 3.05) is 0 Å². The Morgan fingerprint density at radius 1 is 1.18 bits per heavy atom. The van der Waals surface area contributed by atoms with Crippen LogP contribution in [0.25, 0.3) is 17.0 Å². The summed E-state index contributed by atoms with van der Waals surface area (Å²) in [4.78, 5) is 29.8. The number of phenols is 1. The van der Waals surface area contributed by atoms with Gasteiger partial charge in [-0.3, -0.25) is 20.0 Å². The van der Waals surface area contributed by atoms with Crippen molar-refractivity contribution in [1.29, 1.82) is 0 Å². The molecule has 4 rings (SSSR count).